The highest BCUT2D eigenvalue weighted by atomic mass is 32.2. The number of aromatic nitrogens is 2. The van der Waals surface area contributed by atoms with Gasteiger partial charge in [-0.2, -0.15) is 0 Å². The highest BCUT2D eigenvalue weighted by molar-refractivity contribution is 7.92. The Hall–Kier alpha value is -3.11. The minimum atomic E-state index is -3.81. The molecule has 0 fully saturated rings. The lowest BCUT2D eigenvalue weighted by molar-refractivity contribution is 0.600. The van der Waals surface area contributed by atoms with Crippen LogP contribution in [0, 0.1) is 5.82 Å². The summed E-state index contributed by atoms with van der Waals surface area (Å²) in [4.78, 5) is 9.78. The molecular formula is C21H20FN5O2S2. The Morgan fingerprint density at radius 2 is 1.87 bits per heavy atom. The SMILES string of the molecule is CC1CCc2cc(F)ccc2N1C(=S)Nc1ccc(S(=O)(=O)Nc2ncccn2)cc1. The van der Waals surface area contributed by atoms with Crippen LogP contribution in [0.25, 0.3) is 0 Å². The maximum Gasteiger partial charge on any atom is 0.264 e. The number of sulfonamides is 1. The average molecular weight is 458 g/mol. The van der Waals surface area contributed by atoms with Gasteiger partial charge < -0.3 is 10.2 Å². The van der Waals surface area contributed by atoms with Gasteiger partial charge in [0.2, 0.25) is 5.95 Å². The number of halogens is 1. The lowest BCUT2D eigenvalue weighted by atomic mass is 9.97. The molecule has 0 amide bonds. The molecule has 3 aromatic rings. The molecule has 0 spiro atoms. The predicted molar refractivity (Wildman–Crippen MR) is 122 cm³/mol. The average Bonchev–Trinajstić information content (AvgIpc) is 2.74. The number of benzene rings is 2. The fraction of sp³-hybridized carbons (Fsp3) is 0.190. The van der Waals surface area contributed by atoms with Crippen LogP contribution in [0.4, 0.5) is 21.7 Å². The minimum Gasteiger partial charge on any atom is -0.332 e. The molecule has 1 aliphatic rings. The summed E-state index contributed by atoms with van der Waals surface area (Å²) in [5.41, 5.74) is 2.43. The van der Waals surface area contributed by atoms with Crippen LogP contribution in [0.5, 0.6) is 0 Å². The van der Waals surface area contributed by atoms with Gasteiger partial charge in [0.25, 0.3) is 10.0 Å². The minimum absolute atomic E-state index is 0.0000624. The van der Waals surface area contributed by atoms with Crippen molar-refractivity contribution in [2.24, 2.45) is 0 Å². The lowest BCUT2D eigenvalue weighted by Gasteiger charge is -2.37. The largest absolute Gasteiger partial charge is 0.332 e. The maximum absolute atomic E-state index is 13.6. The highest BCUT2D eigenvalue weighted by Gasteiger charge is 2.26. The summed E-state index contributed by atoms with van der Waals surface area (Å²) in [5.74, 6) is -0.265. The standard InChI is InChI=1S/C21H20FN5O2S2/c1-14-3-4-15-13-16(22)5-10-19(15)27(14)21(30)25-17-6-8-18(9-7-17)31(28,29)26-20-23-11-2-12-24-20/h2,5-14H,3-4H2,1H3,(H,25,30)(H,23,24,26). The van der Waals surface area contributed by atoms with Crippen LogP contribution >= 0.6 is 12.2 Å². The summed E-state index contributed by atoms with van der Waals surface area (Å²) in [6.45, 7) is 2.06. The molecular weight excluding hydrogens is 437 g/mol. The van der Waals surface area contributed by atoms with Crippen molar-refractivity contribution < 1.29 is 12.8 Å². The van der Waals surface area contributed by atoms with E-state index in [1.54, 1.807) is 30.3 Å². The van der Waals surface area contributed by atoms with E-state index in [2.05, 4.69) is 26.9 Å². The van der Waals surface area contributed by atoms with Crippen molar-refractivity contribution in [3.63, 3.8) is 0 Å². The maximum atomic E-state index is 13.6. The van der Waals surface area contributed by atoms with E-state index in [-0.39, 0.29) is 22.7 Å². The van der Waals surface area contributed by atoms with E-state index >= 15 is 0 Å². The summed E-state index contributed by atoms with van der Waals surface area (Å²) in [6, 6.07) is 12.7. The molecule has 1 aromatic heterocycles. The Morgan fingerprint density at radius 3 is 2.58 bits per heavy atom. The van der Waals surface area contributed by atoms with Gasteiger partial charge in [-0.15, -0.1) is 0 Å². The number of fused-ring (bicyclic) bond motifs is 1. The van der Waals surface area contributed by atoms with Crippen LogP contribution in [-0.2, 0) is 16.4 Å². The topological polar surface area (TPSA) is 87.2 Å². The van der Waals surface area contributed by atoms with Gasteiger partial charge >= 0.3 is 0 Å². The van der Waals surface area contributed by atoms with Crippen molar-refractivity contribution in [1.29, 1.82) is 0 Å². The summed E-state index contributed by atoms with van der Waals surface area (Å²) >= 11 is 5.61. The van der Waals surface area contributed by atoms with Crippen molar-refractivity contribution >= 4 is 44.7 Å². The first-order valence-electron chi connectivity index (χ1n) is 9.62. The quantitative estimate of drug-likeness (QED) is 0.574. The first-order chi connectivity index (χ1) is 14.8. The van der Waals surface area contributed by atoms with Crippen LogP contribution < -0.4 is 14.9 Å². The van der Waals surface area contributed by atoms with Gasteiger partial charge in [-0.25, -0.2) is 27.5 Å². The third kappa shape index (κ3) is 4.64. The number of anilines is 3. The third-order valence-corrected chi connectivity index (χ3v) is 6.64. The van der Waals surface area contributed by atoms with Gasteiger partial charge in [0.05, 0.1) is 4.90 Å². The smallest absolute Gasteiger partial charge is 0.264 e. The molecule has 1 atom stereocenters. The second-order valence-electron chi connectivity index (χ2n) is 7.16. The monoisotopic (exact) mass is 457 g/mol. The molecule has 0 bridgehead atoms. The third-order valence-electron chi connectivity index (χ3n) is 5.00. The molecule has 7 nitrogen and oxygen atoms in total. The van der Waals surface area contributed by atoms with Gasteiger partial charge in [0.1, 0.15) is 5.82 Å². The zero-order valence-corrected chi connectivity index (χ0v) is 18.3. The predicted octanol–water partition coefficient (Wildman–Crippen LogP) is 3.95. The van der Waals surface area contributed by atoms with E-state index in [4.69, 9.17) is 12.2 Å². The van der Waals surface area contributed by atoms with Gasteiger partial charge in [-0.1, -0.05) is 0 Å². The van der Waals surface area contributed by atoms with Crippen molar-refractivity contribution in [1.82, 2.24) is 9.97 Å². The number of rotatable bonds is 4. The zero-order valence-electron chi connectivity index (χ0n) is 16.6. The number of aryl methyl sites for hydroxylation is 1. The second kappa shape index (κ2) is 8.56. The van der Waals surface area contributed by atoms with E-state index in [9.17, 15) is 12.8 Å². The fourth-order valence-electron chi connectivity index (χ4n) is 3.46. The van der Waals surface area contributed by atoms with E-state index < -0.39 is 10.0 Å². The molecule has 4 rings (SSSR count). The van der Waals surface area contributed by atoms with Gasteiger partial charge in [-0.3, -0.25) is 0 Å². The summed E-state index contributed by atoms with van der Waals surface area (Å²) in [7, 11) is -3.81. The van der Waals surface area contributed by atoms with Gasteiger partial charge in [0.15, 0.2) is 5.11 Å². The van der Waals surface area contributed by atoms with Crippen LogP contribution in [0.1, 0.15) is 18.9 Å². The molecule has 2 N–H and O–H groups in total. The number of hydrogen-bond donors (Lipinski definition) is 2. The van der Waals surface area contributed by atoms with E-state index in [0.29, 0.717) is 10.8 Å². The number of nitrogens with zero attached hydrogens (tertiary/aromatic N) is 3. The van der Waals surface area contributed by atoms with Crippen LogP contribution in [-0.4, -0.2) is 29.5 Å². The number of nitrogens with one attached hydrogen (secondary N) is 2. The second-order valence-corrected chi connectivity index (χ2v) is 9.23. The van der Waals surface area contributed by atoms with Crippen LogP contribution in [0.2, 0.25) is 0 Å². The van der Waals surface area contributed by atoms with E-state index in [1.807, 2.05) is 4.90 Å². The first-order valence-corrected chi connectivity index (χ1v) is 11.5. The van der Waals surface area contributed by atoms with E-state index in [0.717, 1.165) is 24.1 Å². The Kier molecular flexibility index (Phi) is 5.84. The first kappa shape index (κ1) is 21.1. The van der Waals surface area contributed by atoms with Crippen molar-refractivity contribution in [3.05, 3.63) is 72.3 Å². The molecule has 2 aromatic carbocycles. The molecule has 2 heterocycles. The zero-order chi connectivity index (χ0) is 22.0. The molecule has 160 valence electrons. The number of thiocarbonyl (C=S) groups is 1. The molecule has 0 saturated carbocycles. The fourth-order valence-corrected chi connectivity index (χ4v) is 4.82. The Labute approximate surface area is 185 Å². The summed E-state index contributed by atoms with van der Waals surface area (Å²) in [6.07, 6.45) is 4.54. The summed E-state index contributed by atoms with van der Waals surface area (Å²) in [5, 5.41) is 3.61. The molecule has 0 aliphatic carbocycles. The van der Waals surface area contributed by atoms with Gasteiger partial charge in [0, 0.05) is 29.8 Å². The van der Waals surface area contributed by atoms with Crippen LogP contribution in [0.3, 0.4) is 0 Å². The normalized spacial score (nSPS) is 15.8. The van der Waals surface area contributed by atoms with Crippen molar-refractivity contribution in [2.75, 3.05) is 14.9 Å². The van der Waals surface area contributed by atoms with Crippen molar-refractivity contribution in [3.8, 4) is 0 Å². The Morgan fingerprint density at radius 1 is 1.16 bits per heavy atom. The number of hydrogen-bond acceptors (Lipinski definition) is 5. The molecule has 10 heteroatoms. The molecule has 0 radical (unpaired) electrons. The van der Waals surface area contributed by atoms with E-state index in [1.165, 1.54) is 30.6 Å². The Bertz CT molecular complexity index is 1200. The molecule has 31 heavy (non-hydrogen) atoms. The molecule has 1 aliphatic heterocycles. The molecule has 1 unspecified atom stereocenters. The van der Waals surface area contributed by atoms with Crippen molar-refractivity contribution in [2.45, 2.75) is 30.7 Å². The van der Waals surface area contributed by atoms with Gasteiger partial charge in [-0.05, 0) is 86.1 Å². The van der Waals surface area contributed by atoms with Crippen LogP contribution in [0.15, 0.2) is 65.8 Å². The Balaban J connectivity index is 1.50. The summed E-state index contributed by atoms with van der Waals surface area (Å²) < 4.78 is 41.0. The lowest BCUT2D eigenvalue weighted by Crippen LogP contribution is -2.44. The highest BCUT2D eigenvalue weighted by Crippen LogP contribution is 2.32. The molecule has 0 saturated heterocycles.